The van der Waals surface area contributed by atoms with Gasteiger partial charge in [0.05, 0.1) is 25.2 Å². The zero-order chi connectivity index (χ0) is 12.0. The van der Waals surface area contributed by atoms with Crippen LogP contribution in [0.15, 0.2) is 24.3 Å². The van der Waals surface area contributed by atoms with E-state index in [9.17, 15) is 10.2 Å². The van der Waals surface area contributed by atoms with Crippen LogP contribution >= 0.6 is 11.6 Å². The molecule has 2 N–H and O–H groups in total. The predicted octanol–water partition coefficient (Wildman–Crippen LogP) is 1.58. The summed E-state index contributed by atoms with van der Waals surface area (Å²) < 4.78 is 5.49. The van der Waals surface area contributed by atoms with Crippen molar-refractivity contribution in [3.8, 4) is 5.75 Å². The number of halogens is 1. The van der Waals surface area contributed by atoms with Gasteiger partial charge in [-0.15, -0.1) is 11.6 Å². The molecule has 0 amide bonds. The summed E-state index contributed by atoms with van der Waals surface area (Å²) in [5, 5.41) is 18.3. The van der Waals surface area contributed by atoms with Gasteiger partial charge in [0.25, 0.3) is 0 Å². The van der Waals surface area contributed by atoms with Crippen molar-refractivity contribution >= 4 is 11.6 Å². The van der Waals surface area contributed by atoms with Crippen molar-refractivity contribution in [1.82, 2.24) is 0 Å². The number of alkyl halides is 1. The van der Waals surface area contributed by atoms with Crippen LogP contribution in [0.1, 0.15) is 5.56 Å². The second-order valence-electron chi connectivity index (χ2n) is 4.05. The fourth-order valence-corrected chi connectivity index (χ4v) is 1.38. The number of ether oxygens (including phenoxy) is 1. The molecule has 16 heavy (non-hydrogen) atoms. The van der Waals surface area contributed by atoms with Crippen LogP contribution in [0.4, 0.5) is 0 Å². The molecule has 0 heterocycles. The fourth-order valence-electron chi connectivity index (χ4n) is 1.14. The van der Waals surface area contributed by atoms with Gasteiger partial charge in [-0.1, -0.05) is 17.7 Å². The second-order valence-corrected chi connectivity index (χ2v) is 4.32. The summed E-state index contributed by atoms with van der Waals surface area (Å²) in [5.74, 6) is 0.869. The molecule has 0 saturated heterocycles. The summed E-state index contributed by atoms with van der Waals surface area (Å²) in [6, 6.07) is 7.58. The highest BCUT2D eigenvalue weighted by molar-refractivity contribution is 6.18. The number of aliphatic hydroxyl groups is 2. The molecule has 0 unspecified atom stereocenters. The monoisotopic (exact) mass is 244 g/mol. The van der Waals surface area contributed by atoms with Crippen LogP contribution < -0.4 is 4.74 Å². The molecule has 3 nitrogen and oxygen atoms in total. The molecule has 0 aliphatic rings. The van der Waals surface area contributed by atoms with Crippen molar-refractivity contribution in [2.24, 2.45) is 5.41 Å². The van der Waals surface area contributed by atoms with Crippen LogP contribution in [0.3, 0.4) is 0 Å². The van der Waals surface area contributed by atoms with Crippen LogP contribution in [0.2, 0.25) is 0 Å². The minimum Gasteiger partial charge on any atom is -0.493 e. The molecular formula is C12H17ClO3. The lowest BCUT2D eigenvalue weighted by molar-refractivity contribution is 0.0314. The van der Waals surface area contributed by atoms with E-state index in [1.165, 1.54) is 0 Å². The Balaban J connectivity index is 2.58. The Hall–Kier alpha value is -0.770. The van der Waals surface area contributed by atoms with E-state index in [1.807, 2.05) is 31.2 Å². The third-order valence-corrected chi connectivity index (χ3v) is 3.09. The molecule has 4 heteroatoms. The lowest BCUT2D eigenvalue weighted by atomic mass is 9.94. The Morgan fingerprint density at radius 2 is 1.75 bits per heavy atom. The molecule has 90 valence electrons. The van der Waals surface area contributed by atoms with Crippen molar-refractivity contribution in [1.29, 1.82) is 0 Å². The highest BCUT2D eigenvalue weighted by atomic mass is 35.5. The normalized spacial score (nSPS) is 11.5. The molecule has 0 saturated carbocycles. The average molecular weight is 245 g/mol. The molecule has 0 atom stereocenters. The molecular weight excluding hydrogens is 228 g/mol. The van der Waals surface area contributed by atoms with Crippen LogP contribution in [0.25, 0.3) is 0 Å². The first-order valence-corrected chi connectivity index (χ1v) is 5.66. The van der Waals surface area contributed by atoms with Gasteiger partial charge < -0.3 is 14.9 Å². The van der Waals surface area contributed by atoms with Crippen molar-refractivity contribution in [2.75, 3.05) is 25.7 Å². The standard InChI is InChI=1S/C12H17ClO3/c1-10-2-4-11(5-3-10)16-9-12(6-13,7-14)8-15/h2-5,14-15H,6-9H2,1H3. The van der Waals surface area contributed by atoms with Crippen LogP contribution in [0, 0.1) is 12.3 Å². The zero-order valence-corrected chi connectivity index (χ0v) is 10.1. The number of rotatable bonds is 6. The van der Waals surface area contributed by atoms with E-state index in [2.05, 4.69) is 0 Å². The van der Waals surface area contributed by atoms with Gasteiger partial charge >= 0.3 is 0 Å². The van der Waals surface area contributed by atoms with E-state index >= 15 is 0 Å². The summed E-state index contributed by atoms with van der Waals surface area (Å²) in [5.41, 5.74) is 0.382. The minimum absolute atomic E-state index is 0.159. The lowest BCUT2D eigenvalue weighted by Crippen LogP contribution is -2.38. The largest absolute Gasteiger partial charge is 0.493 e. The first kappa shape index (κ1) is 13.3. The number of hydrogen-bond acceptors (Lipinski definition) is 3. The first-order valence-electron chi connectivity index (χ1n) is 5.13. The number of aliphatic hydroxyl groups excluding tert-OH is 2. The Morgan fingerprint density at radius 3 is 2.19 bits per heavy atom. The molecule has 0 aliphatic heterocycles. The molecule has 0 bridgehead atoms. The zero-order valence-electron chi connectivity index (χ0n) is 9.32. The fraction of sp³-hybridized carbons (Fsp3) is 0.500. The van der Waals surface area contributed by atoms with E-state index in [4.69, 9.17) is 16.3 Å². The Bertz CT molecular complexity index is 298. The van der Waals surface area contributed by atoms with E-state index in [0.717, 1.165) is 5.56 Å². The van der Waals surface area contributed by atoms with Crippen molar-refractivity contribution in [3.05, 3.63) is 29.8 Å². The van der Waals surface area contributed by atoms with Gasteiger partial charge in [-0.3, -0.25) is 0 Å². The van der Waals surface area contributed by atoms with Gasteiger partial charge in [0, 0.05) is 5.88 Å². The molecule has 1 aromatic rings. The third kappa shape index (κ3) is 3.37. The highest BCUT2D eigenvalue weighted by Crippen LogP contribution is 2.20. The van der Waals surface area contributed by atoms with Gasteiger partial charge in [-0.05, 0) is 19.1 Å². The van der Waals surface area contributed by atoms with Gasteiger partial charge in [-0.25, -0.2) is 0 Å². The number of benzene rings is 1. The summed E-state index contributed by atoms with van der Waals surface area (Å²) in [6.07, 6.45) is 0. The smallest absolute Gasteiger partial charge is 0.119 e. The van der Waals surface area contributed by atoms with Gasteiger partial charge in [0.1, 0.15) is 5.75 Å². The van der Waals surface area contributed by atoms with Gasteiger partial charge in [0.15, 0.2) is 0 Å². The topological polar surface area (TPSA) is 49.7 Å². The van der Waals surface area contributed by atoms with Crippen molar-refractivity contribution in [3.63, 3.8) is 0 Å². The van der Waals surface area contributed by atoms with Crippen LogP contribution in [-0.4, -0.2) is 35.9 Å². The number of aryl methyl sites for hydroxylation is 1. The Labute approximate surface area is 101 Å². The second kappa shape index (κ2) is 6.09. The highest BCUT2D eigenvalue weighted by Gasteiger charge is 2.29. The predicted molar refractivity (Wildman–Crippen MR) is 64.0 cm³/mol. The summed E-state index contributed by atoms with van der Waals surface area (Å²) >= 11 is 5.72. The maximum atomic E-state index is 9.17. The molecule has 0 aromatic heterocycles. The maximum Gasteiger partial charge on any atom is 0.119 e. The summed E-state index contributed by atoms with van der Waals surface area (Å²) in [6.45, 7) is 1.80. The van der Waals surface area contributed by atoms with Crippen molar-refractivity contribution in [2.45, 2.75) is 6.92 Å². The van der Waals surface area contributed by atoms with E-state index in [0.29, 0.717) is 5.75 Å². The molecule has 0 aliphatic carbocycles. The van der Waals surface area contributed by atoms with E-state index in [-0.39, 0.29) is 25.7 Å². The summed E-state index contributed by atoms with van der Waals surface area (Å²) in [7, 11) is 0. The number of hydrogen-bond donors (Lipinski definition) is 2. The average Bonchev–Trinajstić information content (AvgIpc) is 2.34. The SMILES string of the molecule is Cc1ccc(OCC(CO)(CO)CCl)cc1. The molecule has 0 spiro atoms. The Morgan fingerprint density at radius 1 is 1.19 bits per heavy atom. The molecule has 1 rings (SSSR count). The van der Waals surface area contributed by atoms with Gasteiger partial charge in [-0.2, -0.15) is 0 Å². The van der Waals surface area contributed by atoms with Crippen LogP contribution in [-0.2, 0) is 0 Å². The van der Waals surface area contributed by atoms with Crippen molar-refractivity contribution < 1.29 is 14.9 Å². The summed E-state index contributed by atoms with van der Waals surface area (Å²) in [4.78, 5) is 0. The molecule has 0 fully saturated rings. The van der Waals surface area contributed by atoms with E-state index in [1.54, 1.807) is 0 Å². The van der Waals surface area contributed by atoms with Crippen LogP contribution in [0.5, 0.6) is 5.75 Å². The lowest BCUT2D eigenvalue weighted by Gasteiger charge is -2.26. The molecule has 1 aromatic carbocycles. The first-order chi connectivity index (χ1) is 7.65. The Kier molecular flexibility index (Phi) is 5.06. The minimum atomic E-state index is -0.771. The maximum absolute atomic E-state index is 9.17. The quantitative estimate of drug-likeness (QED) is 0.747. The third-order valence-electron chi connectivity index (χ3n) is 2.52. The van der Waals surface area contributed by atoms with E-state index < -0.39 is 5.41 Å². The van der Waals surface area contributed by atoms with Gasteiger partial charge in [0.2, 0.25) is 0 Å². The molecule has 0 radical (unpaired) electrons.